The zero-order chi connectivity index (χ0) is 11.5. The molecule has 0 aliphatic rings. The van der Waals surface area contributed by atoms with Gasteiger partial charge in [0.15, 0.2) is 5.78 Å². The van der Waals surface area contributed by atoms with Crippen molar-refractivity contribution in [2.24, 2.45) is 0 Å². The third-order valence-corrected chi connectivity index (χ3v) is 2.93. The molecule has 3 heteroatoms. The first kappa shape index (κ1) is 10.9. The molecule has 0 atom stereocenters. The smallest absolute Gasteiger partial charge is 0.194 e. The van der Waals surface area contributed by atoms with Crippen molar-refractivity contribution in [3.8, 4) is 0 Å². The number of halogens is 1. The average Bonchev–Trinajstić information content (AvgIpc) is 2.29. The third kappa shape index (κ3) is 2.14. The Morgan fingerprint density at radius 2 is 1.75 bits per heavy atom. The van der Waals surface area contributed by atoms with Crippen LogP contribution in [0, 0.1) is 0 Å². The molecule has 2 nitrogen and oxygen atoms in total. The minimum atomic E-state index is -0.00697. The van der Waals surface area contributed by atoms with E-state index in [0.717, 1.165) is 4.47 Å². The Morgan fingerprint density at radius 1 is 1.06 bits per heavy atom. The van der Waals surface area contributed by atoms with Crippen LogP contribution in [0.3, 0.4) is 0 Å². The minimum Gasteiger partial charge on any atom is -0.399 e. The van der Waals surface area contributed by atoms with E-state index in [1.54, 1.807) is 30.3 Å². The van der Waals surface area contributed by atoms with E-state index < -0.39 is 0 Å². The number of nitrogen functional groups attached to an aromatic ring is 1. The van der Waals surface area contributed by atoms with Crippen molar-refractivity contribution in [3.63, 3.8) is 0 Å². The van der Waals surface area contributed by atoms with Gasteiger partial charge >= 0.3 is 0 Å². The molecule has 0 saturated carbocycles. The van der Waals surface area contributed by atoms with Crippen LogP contribution in [-0.4, -0.2) is 5.78 Å². The van der Waals surface area contributed by atoms with Crippen molar-refractivity contribution >= 4 is 27.4 Å². The summed E-state index contributed by atoms with van der Waals surface area (Å²) in [4.78, 5) is 12.1. The number of carbonyl (C=O) groups excluding carboxylic acids is 1. The van der Waals surface area contributed by atoms with Crippen molar-refractivity contribution in [2.75, 3.05) is 5.73 Å². The third-order valence-electron chi connectivity index (χ3n) is 2.27. The molecule has 0 unspecified atom stereocenters. The summed E-state index contributed by atoms with van der Waals surface area (Å²) in [6.07, 6.45) is 0. The van der Waals surface area contributed by atoms with Gasteiger partial charge < -0.3 is 5.73 Å². The summed E-state index contributed by atoms with van der Waals surface area (Å²) in [5.41, 5.74) is 7.56. The average molecular weight is 276 g/mol. The van der Waals surface area contributed by atoms with Crippen LogP contribution in [0.15, 0.2) is 53.0 Å². The predicted octanol–water partition coefficient (Wildman–Crippen LogP) is 3.26. The van der Waals surface area contributed by atoms with Crippen molar-refractivity contribution < 1.29 is 4.79 Å². The Hall–Kier alpha value is -1.61. The van der Waals surface area contributed by atoms with Crippen LogP contribution in [0.2, 0.25) is 0 Å². The minimum absolute atomic E-state index is 0.00697. The Bertz CT molecular complexity index is 523. The van der Waals surface area contributed by atoms with Gasteiger partial charge in [0.25, 0.3) is 0 Å². The van der Waals surface area contributed by atoms with Gasteiger partial charge in [-0.1, -0.05) is 30.3 Å². The molecule has 2 N–H and O–H groups in total. The highest BCUT2D eigenvalue weighted by molar-refractivity contribution is 9.10. The van der Waals surface area contributed by atoms with Crippen LogP contribution in [0.5, 0.6) is 0 Å². The molecule has 2 aromatic rings. The maximum atomic E-state index is 12.1. The number of hydrogen-bond donors (Lipinski definition) is 1. The fourth-order valence-corrected chi connectivity index (χ4v) is 2.04. The second kappa shape index (κ2) is 4.49. The topological polar surface area (TPSA) is 43.1 Å². The summed E-state index contributed by atoms with van der Waals surface area (Å²) in [7, 11) is 0. The van der Waals surface area contributed by atoms with Gasteiger partial charge in [0, 0.05) is 21.3 Å². The van der Waals surface area contributed by atoms with Crippen LogP contribution in [0.25, 0.3) is 0 Å². The molecule has 0 aliphatic heterocycles. The molecule has 0 amide bonds. The van der Waals surface area contributed by atoms with Gasteiger partial charge in [-0.15, -0.1) is 0 Å². The number of carbonyl (C=O) groups is 1. The van der Waals surface area contributed by atoms with Gasteiger partial charge in [-0.25, -0.2) is 0 Å². The first-order chi connectivity index (χ1) is 7.68. The Morgan fingerprint density at radius 3 is 2.38 bits per heavy atom. The summed E-state index contributed by atoms with van der Waals surface area (Å²) in [5.74, 6) is -0.00697. The van der Waals surface area contributed by atoms with Crippen molar-refractivity contribution in [3.05, 3.63) is 64.1 Å². The number of benzene rings is 2. The Balaban J connectivity index is 2.42. The molecule has 80 valence electrons. The Labute approximate surface area is 102 Å². The summed E-state index contributed by atoms with van der Waals surface area (Å²) in [6.45, 7) is 0. The summed E-state index contributed by atoms with van der Waals surface area (Å²) >= 11 is 3.34. The number of hydrogen-bond acceptors (Lipinski definition) is 2. The van der Waals surface area contributed by atoms with Gasteiger partial charge in [-0.05, 0) is 34.1 Å². The monoisotopic (exact) mass is 275 g/mol. The largest absolute Gasteiger partial charge is 0.399 e. The lowest BCUT2D eigenvalue weighted by molar-refractivity contribution is 0.103. The van der Waals surface area contributed by atoms with Crippen LogP contribution in [0.1, 0.15) is 15.9 Å². The standard InChI is InChI=1S/C13H10BrNO/c14-12-8-10(15)6-7-11(12)13(16)9-4-2-1-3-5-9/h1-8H,15H2. The van der Waals surface area contributed by atoms with Gasteiger partial charge in [0.05, 0.1) is 0 Å². The zero-order valence-corrected chi connectivity index (χ0v) is 10.1. The highest BCUT2D eigenvalue weighted by Crippen LogP contribution is 2.22. The van der Waals surface area contributed by atoms with Gasteiger partial charge in [-0.2, -0.15) is 0 Å². The zero-order valence-electron chi connectivity index (χ0n) is 8.48. The van der Waals surface area contributed by atoms with Crippen molar-refractivity contribution in [1.82, 2.24) is 0 Å². The fraction of sp³-hybridized carbons (Fsp3) is 0. The lowest BCUT2D eigenvalue weighted by Gasteiger charge is -2.04. The van der Waals surface area contributed by atoms with Gasteiger partial charge in [0.2, 0.25) is 0 Å². The van der Waals surface area contributed by atoms with Crippen LogP contribution in [-0.2, 0) is 0 Å². The first-order valence-corrected chi connectivity index (χ1v) is 5.62. The highest BCUT2D eigenvalue weighted by atomic mass is 79.9. The van der Waals surface area contributed by atoms with E-state index in [4.69, 9.17) is 5.73 Å². The first-order valence-electron chi connectivity index (χ1n) is 4.83. The summed E-state index contributed by atoms with van der Waals surface area (Å²) in [6, 6.07) is 14.4. The van der Waals surface area contributed by atoms with Crippen LogP contribution >= 0.6 is 15.9 Å². The molecule has 16 heavy (non-hydrogen) atoms. The second-order valence-corrected chi connectivity index (χ2v) is 4.29. The van der Waals surface area contributed by atoms with E-state index in [1.165, 1.54) is 0 Å². The lowest BCUT2D eigenvalue weighted by atomic mass is 10.0. The molecular formula is C13H10BrNO. The molecule has 0 saturated heterocycles. The Kier molecular flexibility index (Phi) is 3.06. The molecule has 0 fully saturated rings. The fourth-order valence-electron chi connectivity index (χ4n) is 1.46. The number of anilines is 1. The molecule has 0 bridgehead atoms. The molecule has 0 spiro atoms. The molecule has 2 rings (SSSR count). The highest BCUT2D eigenvalue weighted by Gasteiger charge is 2.11. The van der Waals surface area contributed by atoms with Gasteiger partial charge in [0.1, 0.15) is 0 Å². The van der Waals surface area contributed by atoms with Crippen LogP contribution in [0.4, 0.5) is 5.69 Å². The number of ketones is 1. The quantitative estimate of drug-likeness (QED) is 0.675. The summed E-state index contributed by atoms with van der Waals surface area (Å²) < 4.78 is 0.723. The van der Waals surface area contributed by atoms with Crippen molar-refractivity contribution in [1.29, 1.82) is 0 Å². The maximum absolute atomic E-state index is 12.1. The molecule has 0 heterocycles. The predicted molar refractivity (Wildman–Crippen MR) is 68.4 cm³/mol. The van der Waals surface area contributed by atoms with E-state index in [2.05, 4.69) is 15.9 Å². The normalized spacial score (nSPS) is 10.1. The molecule has 0 radical (unpaired) electrons. The second-order valence-electron chi connectivity index (χ2n) is 3.43. The molecule has 0 aliphatic carbocycles. The molecular weight excluding hydrogens is 266 g/mol. The SMILES string of the molecule is Nc1ccc(C(=O)c2ccccc2)c(Br)c1. The van der Waals surface area contributed by atoms with E-state index in [-0.39, 0.29) is 5.78 Å². The van der Waals surface area contributed by atoms with E-state index in [9.17, 15) is 4.79 Å². The molecule has 2 aromatic carbocycles. The maximum Gasteiger partial charge on any atom is 0.194 e. The van der Waals surface area contributed by atoms with E-state index >= 15 is 0 Å². The summed E-state index contributed by atoms with van der Waals surface area (Å²) in [5, 5.41) is 0. The van der Waals surface area contributed by atoms with Crippen LogP contribution < -0.4 is 5.73 Å². The number of rotatable bonds is 2. The van der Waals surface area contributed by atoms with E-state index in [1.807, 2.05) is 18.2 Å². The van der Waals surface area contributed by atoms with Crippen molar-refractivity contribution in [2.45, 2.75) is 0 Å². The van der Waals surface area contributed by atoms with E-state index in [0.29, 0.717) is 16.8 Å². The lowest BCUT2D eigenvalue weighted by Crippen LogP contribution is -2.02. The molecule has 0 aromatic heterocycles. The number of nitrogens with two attached hydrogens (primary N) is 1. The van der Waals surface area contributed by atoms with Gasteiger partial charge in [-0.3, -0.25) is 4.79 Å².